The number of nitro groups is 1. The second kappa shape index (κ2) is 7.08. The Kier molecular flexibility index (Phi) is 4.87. The van der Waals surface area contributed by atoms with Crippen molar-refractivity contribution in [1.82, 2.24) is 10.6 Å². The van der Waals surface area contributed by atoms with Crippen LogP contribution in [0.15, 0.2) is 18.2 Å². The number of anilines is 1. The molecule has 1 aliphatic heterocycles. The number of amides is 2. The minimum Gasteiger partial charge on any atom is -0.365 e. The molecule has 2 N–H and O–H groups in total. The lowest BCUT2D eigenvalue weighted by molar-refractivity contribution is -0.384. The highest BCUT2D eigenvalue weighted by molar-refractivity contribution is 5.96. The Morgan fingerprint density at radius 2 is 2.04 bits per heavy atom. The lowest BCUT2D eigenvalue weighted by atomic mass is 9.96. The zero-order valence-corrected chi connectivity index (χ0v) is 14.2. The summed E-state index contributed by atoms with van der Waals surface area (Å²) in [5.41, 5.74) is 0.657. The number of benzene rings is 1. The molecule has 1 unspecified atom stereocenters. The molecule has 1 aliphatic carbocycles. The molecule has 2 aliphatic rings. The fraction of sp³-hybridized carbons (Fsp3) is 0.529. The molecule has 2 fully saturated rings. The first-order valence-corrected chi connectivity index (χ1v) is 8.55. The van der Waals surface area contributed by atoms with Crippen LogP contribution in [-0.4, -0.2) is 42.9 Å². The fourth-order valence-electron chi connectivity index (χ4n) is 3.19. The van der Waals surface area contributed by atoms with E-state index in [0.717, 1.165) is 25.7 Å². The summed E-state index contributed by atoms with van der Waals surface area (Å²) in [4.78, 5) is 36.9. The number of hydrogen-bond acceptors (Lipinski definition) is 5. The smallest absolute Gasteiger partial charge is 0.293 e. The van der Waals surface area contributed by atoms with Crippen LogP contribution in [0.1, 0.15) is 36.0 Å². The van der Waals surface area contributed by atoms with Crippen molar-refractivity contribution in [2.45, 2.75) is 31.7 Å². The summed E-state index contributed by atoms with van der Waals surface area (Å²) in [7, 11) is 1.59. The van der Waals surface area contributed by atoms with Gasteiger partial charge in [0.15, 0.2) is 0 Å². The van der Waals surface area contributed by atoms with Gasteiger partial charge < -0.3 is 15.5 Å². The molecule has 1 saturated carbocycles. The first-order valence-electron chi connectivity index (χ1n) is 8.55. The molecule has 1 aromatic rings. The average Bonchev–Trinajstić information content (AvgIpc) is 3.44. The molecule has 134 valence electrons. The number of nitro benzene ring substituents is 1. The van der Waals surface area contributed by atoms with Gasteiger partial charge in [-0.05, 0) is 37.8 Å². The van der Waals surface area contributed by atoms with Crippen LogP contribution in [0.4, 0.5) is 11.4 Å². The molecule has 2 amide bonds. The zero-order valence-electron chi connectivity index (χ0n) is 14.2. The van der Waals surface area contributed by atoms with Gasteiger partial charge in [-0.2, -0.15) is 0 Å². The third-order valence-electron chi connectivity index (χ3n) is 4.73. The van der Waals surface area contributed by atoms with E-state index >= 15 is 0 Å². The van der Waals surface area contributed by atoms with E-state index in [1.165, 1.54) is 6.07 Å². The largest absolute Gasteiger partial charge is 0.365 e. The monoisotopic (exact) mass is 346 g/mol. The van der Waals surface area contributed by atoms with Crippen molar-refractivity contribution in [3.05, 3.63) is 33.9 Å². The van der Waals surface area contributed by atoms with Crippen LogP contribution in [0, 0.1) is 16.0 Å². The number of hydrogen-bond donors (Lipinski definition) is 2. The molecule has 0 spiro atoms. The van der Waals surface area contributed by atoms with Crippen LogP contribution < -0.4 is 15.5 Å². The predicted molar refractivity (Wildman–Crippen MR) is 92.6 cm³/mol. The Balaban J connectivity index is 1.83. The number of nitrogens with one attached hydrogen (secondary N) is 2. The molecule has 1 atom stereocenters. The van der Waals surface area contributed by atoms with Crippen molar-refractivity contribution in [2.24, 2.45) is 5.92 Å². The van der Waals surface area contributed by atoms with E-state index in [0.29, 0.717) is 24.3 Å². The van der Waals surface area contributed by atoms with Crippen molar-refractivity contribution < 1.29 is 14.5 Å². The number of rotatable bonds is 5. The molecule has 25 heavy (non-hydrogen) atoms. The second-order valence-electron chi connectivity index (χ2n) is 6.61. The predicted octanol–water partition coefficient (Wildman–Crippen LogP) is 1.45. The van der Waals surface area contributed by atoms with Crippen molar-refractivity contribution >= 4 is 23.2 Å². The second-order valence-corrected chi connectivity index (χ2v) is 6.61. The topological polar surface area (TPSA) is 105 Å². The van der Waals surface area contributed by atoms with E-state index in [-0.39, 0.29) is 29.5 Å². The van der Waals surface area contributed by atoms with Crippen LogP contribution in [0.25, 0.3) is 0 Å². The van der Waals surface area contributed by atoms with Gasteiger partial charge in [-0.3, -0.25) is 19.7 Å². The standard InChI is InChI=1S/C17H22N4O4/c1-18-16(22)12-3-2-8-20(10-12)14-7-4-11(9-15(14)21(24)25)17(23)19-13-5-6-13/h4,7,9,12-13H,2-3,5-6,8,10H2,1H3,(H,18,22)(H,19,23). The summed E-state index contributed by atoms with van der Waals surface area (Å²) in [6.45, 7) is 1.09. The fourth-order valence-corrected chi connectivity index (χ4v) is 3.19. The quantitative estimate of drug-likeness (QED) is 0.620. The van der Waals surface area contributed by atoms with Gasteiger partial charge in [-0.25, -0.2) is 0 Å². The summed E-state index contributed by atoms with van der Waals surface area (Å²) < 4.78 is 0. The van der Waals surface area contributed by atoms with Crippen molar-refractivity contribution in [3.63, 3.8) is 0 Å². The molecule has 8 heteroatoms. The first-order chi connectivity index (χ1) is 12.0. The highest BCUT2D eigenvalue weighted by atomic mass is 16.6. The summed E-state index contributed by atoms with van der Waals surface area (Å²) >= 11 is 0. The molecule has 3 rings (SSSR count). The Labute approximate surface area is 145 Å². The number of piperidine rings is 1. The van der Waals surface area contributed by atoms with Gasteiger partial charge in [0.1, 0.15) is 5.69 Å². The first kappa shape index (κ1) is 17.2. The zero-order chi connectivity index (χ0) is 18.0. The Morgan fingerprint density at radius 3 is 2.68 bits per heavy atom. The minimum absolute atomic E-state index is 0.0483. The minimum atomic E-state index is -0.466. The molecular formula is C17H22N4O4. The van der Waals surface area contributed by atoms with Gasteiger partial charge in [0.05, 0.1) is 10.8 Å². The van der Waals surface area contributed by atoms with E-state index in [9.17, 15) is 19.7 Å². The lowest BCUT2D eigenvalue weighted by Gasteiger charge is -2.33. The maximum absolute atomic E-state index is 12.1. The van der Waals surface area contributed by atoms with Gasteiger partial charge in [-0.15, -0.1) is 0 Å². The van der Waals surface area contributed by atoms with Crippen molar-refractivity contribution in [1.29, 1.82) is 0 Å². The normalized spacial score (nSPS) is 20.0. The third-order valence-corrected chi connectivity index (χ3v) is 4.73. The molecule has 8 nitrogen and oxygen atoms in total. The highest BCUT2D eigenvalue weighted by Gasteiger charge is 2.30. The van der Waals surface area contributed by atoms with Crippen LogP contribution >= 0.6 is 0 Å². The van der Waals surface area contributed by atoms with E-state index in [4.69, 9.17) is 0 Å². The molecule has 0 aromatic heterocycles. The number of carbonyl (C=O) groups excluding carboxylic acids is 2. The summed E-state index contributed by atoms with van der Waals surface area (Å²) in [5, 5.41) is 17.0. The lowest BCUT2D eigenvalue weighted by Crippen LogP contribution is -2.42. The Morgan fingerprint density at radius 1 is 1.28 bits per heavy atom. The SMILES string of the molecule is CNC(=O)C1CCCN(c2ccc(C(=O)NC3CC3)cc2[N+](=O)[O-])C1. The number of nitrogens with zero attached hydrogens (tertiary/aromatic N) is 2. The Hall–Kier alpha value is -2.64. The van der Waals surface area contributed by atoms with Gasteiger partial charge in [0, 0.05) is 37.8 Å². The molecule has 0 radical (unpaired) electrons. The molecule has 1 saturated heterocycles. The van der Waals surface area contributed by atoms with Crippen molar-refractivity contribution in [3.8, 4) is 0 Å². The van der Waals surface area contributed by atoms with Crippen LogP contribution in [0.5, 0.6) is 0 Å². The van der Waals surface area contributed by atoms with E-state index in [1.807, 2.05) is 4.90 Å². The van der Waals surface area contributed by atoms with Gasteiger partial charge in [-0.1, -0.05) is 0 Å². The highest BCUT2D eigenvalue weighted by Crippen LogP contribution is 2.33. The summed E-state index contributed by atoms with van der Waals surface area (Å²) in [5.74, 6) is -0.511. The Bertz CT molecular complexity index is 702. The third kappa shape index (κ3) is 3.89. The van der Waals surface area contributed by atoms with E-state index in [1.54, 1.807) is 19.2 Å². The van der Waals surface area contributed by atoms with Gasteiger partial charge in [0.25, 0.3) is 11.6 Å². The molecular weight excluding hydrogens is 324 g/mol. The number of carbonyl (C=O) groups is 2. The molecule has 1 heterocycles. The van der Waals surface area contributed by atoms with Gasteiger partial charge >= 0.3 is 0 Å². The maximum Gasteiger partial charge on any atom is 0.293 e. The van der Waals surface area contributed by atoms with Crippen molar-refractivity contribution in [2.75, 3.05) is 25.0 Å². The van der Waals surface area contributed by atoms with Gasteiger partial charge in [0.2, 0.25) is 5.91 Å². The summed E-state index contributed by atoms with van der Waals surface area (Å²) in [6, 6.07) is 4.76. The molecule has 0 bridgehead atoms. The maximum atomic E-state index is 12.1. The van der Waals surface area contributed by atoms with E-state index < -0.39 is 4.92 Å². The molecule has 1 aromatic carbocycles. The summed E-state index contributed by atoms with van der Waals surface area (Å²) in [6.07, 6.45) is 3.48. The average molecular weight is 346 g/mol. The van der Waals surface area contributed by atoms with Crippen LogP contribution in [0.3, 0.4) is 0 Å². The van der Waals surface area contributed by atoms with Crippen LogP contribution in [-0.2, 0) is 4.79 Å². The van der Waals surface area contributed by atoms with E-state index in [2.05, 4.69) is 10.6 Å². The van der Waals surface area contributed by atoms with Crippen LogP contribution in [0.2, 0.25) is 0 Å².